The van der Waals surface area contributed by atoms with E-state index >= 15 is 0 Å². The molecule has 27 heavy (non-hydrogen) atoms. The molecule has 0 spiro atoms. The van der Waals surface area contributed by atoms with E-state index < -0.39 is 6.04 Å². The van der Waals surface area contributed by atoms with Crippen molar-refractivity contribution in [2.45, 2.75) is 25.1 Å². The van der Waals surface area contributed by atoms with E-state index in [0.717, 1.165) is 11.1 Å². The lowest BCUT2D eigenvalue weighted by Gasteiger charge is -2.28. The van der Waals surface area contributed by atoms with Gasteiger partial charge in [-0.25, -0.2) is 4.39 Å². The quantitative estimate of drug-likeness (QED) is 0.717. The van der Waals surface area contributed by atoms with Crippen molar-refractivity contribution in [1.29, 1.82) is 0 Å². The number of thioether (sulfide) groups is 1. The Kier molecular flexibility index (Phi) is 8.33. The van der Waals surface area contributed by atoms with E-state index in [1.165, 1.54) is 23.9 Å². The van der Waals surface area contributed by atoms with Crippen molar-refractivity contribution in [1.82, 2.24) is 10.2 Å². The van der Waals surface area contributed by atoms with Crippen LogP contribution in [0.4, 0.5) is 4.39 Å². The largest absolute Gasteiger partial charge is 0.357 e. The fourth-order valence-corrected chi connectivity index (χ4v) is 3.57. The van der Waals surface area contributed by atoms with Crippen LogP contribution >= 0.6 is 11.8 Å². The van der Waals surface area contributed by atoms with Crippen LogP contribution in [0.25, 0.3) is 0 Å². The van der Waals surface area contributed by atoms with Crippen molar-refractivity contribution in [3.8, 4) is 0 Å². The highest BCUT2D eigenvalue weighted by molar-refractivity contribution is 7.99. The second kappa shape index (κ2) is 10.7. The molecule has 2 aromatic rings. The summed E-state index contributed by atoms with van der Waals surface area (Å²) < 4.78 is 13.0. The molecule has 1 atom stereocenters. The Morgan fingerprint density at radius 3 is 2.37 bits per heavy atom. The van der Waals surface area contributed by atoms with Crippen molar-refractivity contribution in [2.75, 3.05) is 19.3 Å². The molecule has 0 bridgehead atoms. The summed E-state index contributed by atoms with van der Waals surface area (Å²) in [5.41, 5.74) is 2.09. The summed E-state index contributed by atoms with van der Waals surface area (Å²) >= 11 is 1.46. The van der Waals surface area contributed by atoms with E-state index in [1.54, 1.807) is 31.0 Å². The first-order chi connectivity index (χ1) is 13.0. The number of hydrogen-bond acceptors (Lipinski definition) is 3. The van der Waals surface area contributed by atoms with Crippen molar-refractivity contribution < 1.29 is 14.0 Å². The van der Waals surface area contributed by atoms with Gasteiger partial charge in [0.15, 0.2) is 0 Å². The summed E-state index contributed by atoms with van der Waals surface area (Å²) in [6, 6.07) is 15.6. The van der Waals surface area contributed by atoms with Crippen LogP contribution < -0.4 is 5.32 Å². The standard InChI is InChI=1S/C21H25FN2O2S/c1-16(21(26)23-2)24(13-12-17-6-4-3-5-7-17)20(25)15-27-14-18-8-10-19(22)11-9-18/h3-11,16H,12-15H2,1-2H3,(H,23,26)/t16-/m0/s1. The maximum absolute atomic E-state index is 13.0. The number of likely N-dealkylation sites (N-methyl/N-ethyl adjacent to an activating group) is 1. The summed E-state index contributed by atoms with van der Waals surface area (Å²) in [5.74, 6) is 0.362. The molecular formula is C21H25FN2O2S. The molecule has 1 N–H and O–H groups in total. The van der Waals surface area contributed by atoms with Crippen LogP contribution in [-0.2, 0) is 21.8 Å². The number of carbonyl (C=O) groups is 2. The first kappa shape index (κ1) is 21.0. The number of nitrogens with zero attached hydrogens (tertiary/aromatic N) is 1. The van der Waals surface area contributed by atoms with Crippen LogP contribution in [0.1, 0.15) is 18.1 Å². The second-order valence-electron chi connectivity index (χ2n) is 6.23. The number of carbonyl (C=O) groups excluding carboxylic acids is 2. The third-order valence-corrected chi connectivity index (χ3v) is 5.29. The fraction of sp³-hybridized carbons (Fsp3) is 0.333. The molecule has 0 aliphatic heterocycles. The number of hydrogen-bond donors (Lipinski definition) is 1. The molecule has 2 amide bonds. The van der Waals surface area contributed by atoms with Gasteiger partial charge in [0, 0.05) is 19.3 Å². The lowest BCUT2D eigenvalue weighted by Crippen LogP contribution is -2.48. The molecule has 0 saturated heterocycles. The van der Waals surface area contributed by atoms with Gasteiger partial charge in [0.2, 0.25) is 11.8 Å². The van der Waals surface area contributed by atoms with Crippen molar-refractivity contribution in [3.05, 3.63) is 71.5 Å². The minimum atomic E-state index is -0.530. The van der Waals surface area contributed by atoms with Crippen LogP contribution in [0.5, 0.6) is 0 Å². The predicted molar refractivity (Wildman–Crippen MR) is 108 cm³/mol. The Morgan fingerprint density at radius 2 is 1.74 bits per heavy atom. The summed E-state index contributed by atoms with van der Waals surface area (Å²) in [6.45, 7) is 2.22. The fourth-order valence-electron chi connectivity index (χ4n) is 2.70. The third kappa shape index (κ3) is 6.71. The molecule has 0 heterocycles. The van der Waals surface area contributed by atoms with Gasteiger partial charge in [-0.3, -0.25) is 9.59 Å². The Morgan fingerprint density at radius 1 is 1.07 bits per heavy atom. The number of amides is 2. The van der Waals surface area contributed by atoms with Crippen molar-refractivity contribution in [2.24, 2.45) is 0 Å². The van der Waals surface area contributed by atoms with Gasteiger partial charge in [-0.15, -0.1) is 11.8 Å². The summed E-state index contributed by atoms with van der Waals surface area (Å²) in [4.78, 5) is 26.4. The lowest BCUT2D eigenvalue weighted by atomic mass is 10.1. The maximum Gasteiger partial charge on any atom is 0.242 e. The Balaban J connectivity index is 1.94. The Labute approximate surface area is 164 Å². The molecular weight excluding hydrogens is 363 g/mol. The molecule has 0 unspecified atom stereocenters. The van der Waals surface area contributed by atoms with E-state index in [4.69, 9.17) is 0 Å². The van der Waals surface area contributed by atoms with Crippen LogP contribution in [0.3, 0.4) is 0 Å². The predicted octanol–water partition coefficient (Wildman–Crippen LogP) is 3.26. The monoisotopic (exact) mass is 388 g/mol. The van der Waals surface area contributed by atoms with Gasteiger partial charge in [-0.1, -0.05) is 42.5 Å². The molecule has 2 aromatic carbocycles. The van der Waals surface area contributed by atoms with E-state index in [-0.39, 0.29) is 23.4 Å². The topological polar surface area (TPSA) is 49.4 Å². The molecule has 0 aliphatic rings. The van der Waals surface area contributed by atoms with Crippen molar-refractivity contribution >= 4 is 23.6 Å². The smallest absolute Gasteiger partial charge is 0.242 e. The highest BCUT2D eigenvalue weighted by Crippen LogP contribution is 2.15. The third-order valence-electron chi connectivity index (χ3n) is 4.31. The zero-order chi connectivity index (χ0) is 19.6. The highest BCUT2D eigenvalue weighted by Gasteiger charge is 2.24. The number of halogens is 1. The first-order valence-corrected chi connectivity index (χ1v) is 10.0. The lowest BCUT2D eigenvalue weighted by molar-refractivity contribution is -0.137. The number of benzene rings is 2. The molecule has 6 heteroatoms. The van der Waals surface area contributed by atoms with Gasteiger partial charge in [0.1, 0.15) is 11.9 Å². The van der Waals surface area contributed by atoms with Gasteiger partial charge < -0.3 is 10.2 Å². The average molecular weight is 389 g/mol. The van der Waals surface area contributed by atoms with Gasteiger partial charge in [0.25, 0.3) is 0 Å². The molecule has 4 nitrogen and oxygen atoms in total. The highest BCUT2D eigenvalue weighted by atomic mass is 32.2. The van der Waals surface area contributed by atoms with Crippen LogP contribution in [-0.4, -0.2) is 42.1 Å². The van der Waals surface area contributed by atoms with Gasteiger partial charge >= 0.3 is 0 Å². The van der Waals surface area contributed by atoms with Crippen LogP contribution in [0, 0.1) is 5.82 Å². The van der Waals surface area contributed by atoms with Gasteiger partial charge in [0.05, 0.1) is 5.75 Å². The molecule has 0 aliphatic carbocycles. The minimum Gasteiger partial charge on any atom is -0.357 e. The van der Waals surface area contributed by atoms with E-state index in [0.29, 0.717) is 18.7 Å². The van der Waals surface area contributed by atoms with Gasteiger partial charge in [-0.2, -0.15) is 0 Å². The molecule has 2 rings (SSSR count). The summed E-state index contributed by atoms with van der Waals surface area (Å²) in [6.07, 6.45) is 0.691. The summed E-state index contributed by atoms with van der Waals surface area (Å²) in [5, 5.41) is 2.61. The molecule has 144 valence electrons. The second-order valence-corrected chi connectivity index (χ2v) is 7.22. The normalized spacial score (nSPS) is 11.7. The van der Waals surface area contributed by atoms with E-state index in [9.17, 15) is 14.0 Å². The number of nitrogens with one attached hydrogen (secondary N) is 1. The van der Waals surface area contributed by atoms with E-state index in [2.05, 4.69) is 5.32 Å². The van der Waals surface area contributed by atoms with Crippen molar-refractivity contribution in [3.63, 3.8) is 0 Å². The first-order valence-electron chi connectivity index (χ1n) is 8.88. The minimum absolute atomic E-state index is 0.0749. The van der Waals surface area contributed by atoms with E-state index in [1.807, 2.05) is 30.3 Å². The number of rotatable bonds is 9. The molecule has 0 fully saturated rings. The van der Waals surface area contributed by atoms with Gasteiger partial charge in [-0.05, 0) is 36.6 Å². The zero-order valence-corrected chi connectivity index (χ0v) is 16.5. The Bertz CT molecular complexity index is 738. The molecule has 0 saturated carbocycles. The maximum atomic E-state index is 13.0. The SMILES string of the molecule is CNC(=O)[C@H](C)N(CCc1ccccc1)C(=O)CSCc1ccc(F)cc1. The average Bonchev–Trinajstić information content (AvgIpc) is 2.69. The molecule has 0 aromatic heterocycles. The Hall–Kier alpha value is -2.34. The molecule has 0 radical (unpaired) electrons. The zero-order valence-electron chi connectivity index (χ0n) is 15.7. The van der Waals surface area contributed by atoms with Crippen LogP contribution in [0.2, 0.25) is 0 Å². The summed E-state index contributed by atoms with van der Waals surface area (Å²) in [7, 11) is 1.57. The van der Waals surface area contributed by atoms with Crippen LogP contribution in [0.15, 0.2) is 54.6 Å².